The number of thioether (sulfide) groups is 1. The molecular formula is C23H20F2N4OS. The highest BCUT2D eigenvalue weighted by molar-refractivity contribution is 7.98. The van der Waals surface area contributed by atoms with Gasteiger partial charge in [0.25, 0.3) is 0 Å². The van der Waals surface area contributed by atoms with E-state index in [1.165, 1.54) is 30.0 Å². The van der Waals surface area contributed by atoms with Gasteiger partial charge in [-0.25, -0.2) is 13.8 Å². The summed E-state index contributed by atoms with van der Waals surface area (Å²) in [5.41, 5.74) is 2.04. The Morgan fingerprint density at radius 1 is 1.10 bits per heavy atom. The number of aromatic nitrogens is 3. The molecule has 1 atom stereocenters. The molecule has 2 aromatic heterocycles. The van der Waals surface area contributed by atoms with Crippen molar-refractivity contribution in [1.82, 2.24) is 14.5 Å². The Morgan fingerprint density at radius 3 is 2.58 bits per heavy atom. The van der Waals surface area contributed by atoms with Crippen LogP contribution in [0.5, 0.6) is 0 Å². The number of halogens is 2. The van der Waals surface area contributed by atoms with E-state index in [0.29, 0.717) is 33.9 Å². The largest absolute Gasteiger partial charge is 0.322 e. The second kappa shape index (κ2) is 9.26. The molecule has 0 aliphatic rings. The first kappa shape index (κ1) is 21.0. The molecule has 1 amide bonds. The Hall–Kier alpha value is -3.26. The molecule has 0 saturated heterocycles. The molecule has 31 heavy (non-hydrogen) atoms. The number of imidazole rings is 1. The molecule has 2 heterocycles. The summed E-state index contributed by atoms with van der Waals surface area (Å²) in [4.78, 5) is 21.9. The van der Waals surface area contributed by atoms with E-state index in [0.717, 1.165) is 0 Å². The fraction of sp³-hybridized carbons (Fsp3) is 0.174. The quantitative estimate of drug-likeness (QED) is 0.382. The molecule has 0 aliphatic heterocycles. The van der Waals surface area contributed by atoms with Crippen LogP contribution in [-0.2, 0) is 10.5 Å². The van der Waals surface area contributed by atoms with Gasteiger partial charge in [-0.3, -0.25) is 9.78 Å². The number of rotatable bonds is 7. The topological polar surface area (TPSA) is 59.8 Å². The van der Waals surface area contributed by atoms with Crippen LogP contribution in [0, 0.1) is 11.6 Å². The van der Waals surface area contributed by atoms with E-state index in [-0.39, 0.29) is 17.4 Å². The van der Waals surface area contributed by atoms with Gasteiger partial charge in [-0.05, 0) is 36.2 Å². The Labute approximate surface area is 182 Å². The van der Waals surface area contributed by atoms with Crippen molar-refractivity contribution in [3.63, 3.8) is 0 Å². The van der Waals surface area contributed by atoms with Gasteiger partial charge in [-0.15, -0.1) is 0 Å². The fourth-order valence-corrected chi connectivity index (χ4v) is 4.39. The van der Waals surface area contributed by atoms with Crippen LogP contribution in [0.2, 0.25) is 0 Å². The van der Waals surface area contributed by atoms with Crippen molar-refractivity contribution in [2.24, 2.45) is 0 Å². The van der Waals surface area contributed by atoms with Gasteiger partial charge >= 0.3 is 0 Å². The highest BCUT2D eigenvalue weighted by Crippen LogP contribution is 2.32. The van der Waals surface area contributed by atoms with Crippen molar-refractivity contribution in [3.05, 3.63) is 84.2 Å². The van der Waals surface area contributed by atoms with Crippen LogP contribution >= 0.6 is 11.8 Å². The van der Waals surface area contributed by atoms with Crippen molar-refractivity contribution in [3.8, 4) is 0 Å². The molecule has 8 heteroatoms. The van der Waals surface area contributed by atoms with E-state index in [2.05, 4.69) is 15.3 Å². The smallest absolute Gasteiger partial charge is 0.247 e. The SMILES string of the molecule is CC[C@H](C(=O)Nc1ccccc1F)n1c(SCc2ccccc2F)nc2ccncc21. The summed E-state index contributed by atoms with van der Waals surface area (Å²) in [5.74, 6) is -0.793. The lowest BCUT2D eigenvalue weighted by molar-refractivity contribution is -0.119. The number of hydrogen-bond acceptors (Lipinski definition) is 4. The molecule has 0 radical (unpaired) electrons. The van der Waals surface area contributed by atoms with Crippen LogP contribution in [0.15, 0.2) is 72.1 Å². The van der Waals surface area contributed by atoms with Crippen molar-refractivity contribution in [2.75, 3.05) is 5.32 Å². The summed E-state index contributed by atoms with van der Waals surface area (Å²) >= 11 is 1.34. The molecule has 2 aromatic carbocycles. The Balaban J connectivity index is 1.68. The number of anilines is 1. The Bertz CT molecular complexity index is 1230. The first-order valence-electron chi connectivity index (χ1n) is 9.82. The number of carbonyl (C=O) groups is 1. The summed E-state index contributed by atoms with van der Waals surface area (Å²) in [6.07, 6.45) is 3.73. The summed E-state index contributed by atoms with van der Waals surface area (Å²) in [5, 5.41) is 3.24. The number of nitrogens with zero attached hydrogens (tertiary/aromatic N) is 3. The van der Waals surface area contributed by atoms with Gasteiger partial charge in [-0.2, -0.15) is 0 Å². The second-order valence-electron chi connectivity index (χ2n) is 6.90. The third-order valence-corrected chi connectivity index (χ3v) is 5.91. The molecule has 0 aliphatic carbocycles. The third kappa shape index (κ3) is 4.44. The standard InChI is InChI=1S/C23H20F2N4OS/c1-2-20(22(30)27-18-10-6-5-9-17(18)25)29-21-13-26-12-11-19(21)28-23(29)31-14-15-7-3-4-8-16(15)24/h3-13,20H,2,14H2,1H3,(H,27,30)/t20-/m1/s1. The molecule has 1 N–H and O–H groups in total. The lowest BCUT2D eigenvalue weighted by Crippen LogP contribution is -2.26. The van der Waals surface area contributed by atoms with Crippen LogP contribution < -0.4 is 5.32 Å². The molecule has 4 aromatic rings. The minimum atomic E-state index is -0.642. The van der Waals surface area contributed by atoms with Crippen LogP contribution in [0.3, 0.4) is 0 Å². The summed E-state index contributed by atoms with van der Waals surface area (Å²) in [6.45, 7) is 1.87. The van der Waals surface area contributed by atoms with Gasteiger partial charge in [-0.1, -0.05) is 49.0 Å². The van der Waals surface area contributed by atoms with Gasteiger partial charge in [0.1, 0.15) is 17.7 Å². The van der Waals surface area contributed by atoms with E-state index in [1.807, 2.05) is 6.92 Å². The molecule has 0 unspecified atom stereocenters. The van der Waals surface area contributed by atoms with E-state index >= 15 is 0 Å². The van der Waals surface area contributed by atoms with E-state index in [1.54, 1.807) is 53.4 Å². The highest BCUT2D eigenvalue weighted by Gasteiger charge is 2.25. The highest BCUT2D eigenvalue weighted by atomic mass is 32.2. The fourth-order valence-electron chi connectivity index (χ4n) is 3.34. The zero-order valence-electron chi connectivity index (χ0n) is 16.8. The van der Waals surface area contributed by atoms with E-state index in [4.69, 9.17) is 0 Å². The predicted molar refractivity (Wildman–Crippen MR) is 118 cm³/mol. The minimum absolute atomic E-state index is 0.119. The maximum atomic E-state index is 14.1. The molecule has 0 fully saturated rings. The number of hydrogen-bond donors (Lipinski definition) is 1. The molecule has 5 nitrogen and oxygen atoms in total. The number of benzene rings is 2. The van der Waals surface area contributed by atoms with Gasteiger partial charge in [0, 0.05) is 11.9 Å². The summed E-state index contributed by atoms with van der Waals surface area (Å²) < 4.78 is 29.9. The number of para-hydroxylation sites is 1. The zero-order chi connectivity index (χ0) is 21.8. The first-order valence-corrected chi connectivity index (χ1v) is 10.8. The Morgan fingerprint density at radius 2 is 1.84 bits per heavy atom. The number of pyridine rings is 1. The lowest BCUT2D eigenvalue weighted by Gasteiger charge is -2.20. The average Bonchev–Trinajstić information content (AvgIpc) is 3.14. The van der Waals surface area contributed by atoms with Crippen LogP contribution in [0.4, 0.5) is 14.5 Å². The average molecular weight is 439 g/mol. The third-order valence-electron chi connectivity index (χ3n) is 4.91. The lowest BCUT2D eigenvalue weighted by atomic mass is 10.2. The van der Waals surface area contributed by atoms with Crippen LogP contribution in [0.1, 0.15) is 24.9 Å². The van der Waals surface area contributed by atoms with Gasteiger partial charge in [0.2, 0.25) is 5.91 Å². The van der Waals surface area contributed by atoms with Crippen molar-refractivity contribution >= 4 is 34.4 Å². The molecule has 0 saturated carbocycles. The zero-order valence-corrected chi connectivity index (χ0v) is 17.6. The predicted octanol–water partition coefficient (Wildman–Crippen LogP) is 5.59. The van der Waals surface area contributed by atoms with Crippen molar-refractivity contribution in [1.29, 1.82) is 0 Å². The van der Waals surface area contributed by atoms with Crippen LogP contribution in [-0.4, -0.2) is 20.4 Å². The monoisotopic (exact) mass is 438 g/mol. The number of carbonyl (C=O) groups excluding carboxylic acids is 1. The van der Waals surface area contributed by atoms with Crippen molar-refractivity contribution < 1.29 is 13.6 Å². The minimum Gasteiger partial charge on any atom is -0.322 e. The molecule has 0 spiro atoms. The molecule has 4 rings (SSSR count). The second-order valence-corrected chi connectivity index (χ2v) is 7.84. The molecule has 0 bridgehead atoms. The van der Waals surface area contributed by atoms with Gasteiger partial charge < -0.3 is 9.88 Å². The Kier molecular flexibility index (Phi) is 6.27. The van der Waals surface area contributed by atoms with Gasteiger partial charge in [0.05, 0.1) is 22.9 Å². The van der Waals surface area contributed by atoms with Gasteiger partial charge in [0.15, 0.2) is 5.16 Å². The van der Waals surface area contributed by atoms with E-state index < -0.39 is 11.9 Å². The summed E-state index contributed by atoms with van der Waals surface area (Å²) in [7, 11) is 0. The number of nitrogens with one attached hydrogen (secondary N) is 1. The van der Waals surface area contributed by atoms with E-state index in [9.17, 15) is 13.6 Å². The molecular weight excluding hydrogens is 418 g/mol. The number of amides is 1. The van der Waals surface area contributed by atoms with Crippen molar-refractivity contribution in [2.45, 2.75) is 30.3 Å². The maximum absolute atomic E-state index is 14.1. The number of fused-ring (bicyclic) bond motifs is 1. The normalized spacial score (nSPS) is 12.1. The maximum Gasteiger partial charge on any atom is 0.247 e. The molecule has 158 valence electrons. The summed E-state index contributed by atoms with van der Waals surface area (Å²) in [6, 6.07) is 13.7. The first-order chi connectivity index (χ1) is 15.1. The van der Waals surface area contributed by atoms with Crippen LogP contribution in [0.25, 0.3) is 11.0 Å².